The summed E-state index contributed by atoms with van der Waals surface area (Å²) in [6.45, 7) is 6.23. The maximum absolute atomic E-state index is 6.71. The molecule has 2 aliphatic rings. The highest BCUT2D eigenvalue weighted by Gasteiger charge is 2.33. The van der Waals surface area contributed by atoms with Crippen LogP contribution in [0.4, 0.5) is 5.69 Å². The van der Waals surface area contributed by atoms with Gasteiger partial charge in [0.1, 0.15) is 18.1 Å². The van der Waals surface area contributed by atoms with Crippen LogP contribution in [-0.4, -0.2) is 67.3 Å². The van der Waals surface area contributed by atoms with E-state index in [1.807, 2.05) is 0 Å². The SMILES string of the molecule is COCCCN1CCOc2ccc(CO[C@H]3CC[C@@H](C[C@H](C)Cc4nn[nH]n4)C[C@@H]3c3ccc(OC)cc3)cc21. The molecule has 40 heavy (non-hydrogen) atoms. The summed E-state index contributed by atoms with van der Waals surface area (Å²) in [5, 5.41) is 14.6. The van der Waals surface area contributed by atoms with E-state index in [4.69, 9.17) is 18.9 Å². The van der Waals surface area contributed by atoms with Crippen molar-refractivity contribution in [3.8, 4) is 11.5 Å². The van der Waals surface area contributed by atoms with Crippen LogP contribution in [0, 0.1) is 11.8 Å². The Morgan fingerprint density at radius 2 is 2.00 bits per heavy atom. The van der Waals surface area contributed by atoms with Crippen molar-refractivity contribution in [1.82, 2.24) is 20.6 Å². The number of hydrogen-bond donors (Lipinski definition) is 1. The number of ether oxygens (including phenoxy) is 4. The molecule has 1 fully saturated rings. The Hall–Kier alpha value is -3.17. The summed E-state index contributed by atoms with van der Waals surface area (Å²) >= 11 is 0. The summed E-state index contributed by atoms with van der Waals surface area (Å²) in [5.74, 6) is 4.11. The van der Waals surface area contributed by atoms with Crippen LogP contribution in [0.15, 0.2) is 42.5 Å². The molecule has 2 heterocycles. The minimum absolute atomic E-state index is 0.169. The second kappa shape index (κ2) is 13.9. The zero-order valence-electron chi connectivity index (χ0n) is 24.1. The molecule has 1 aliphatic carbocycles. The third-order valence-corrected chi connectivity index (χ3v) is 8.32. The van der Waals surface area contributed by atoms with E-state index in [1.54, 1.807) is 14.2 Å². The highest BCUT2D eigenvalue weighted by Crippen LogP contribution is 2.42. The van der Waals surface area contributed by atoms with Gasteiger partial charge in [-0.05, 0) is 79.3 Å². The van der Waals surface area contributed by atoms with Crippen LogP contribution in [0.25, 0.3) is 0 Å². The number of methoxy groups -OCH3 is 2. The minimum atomic E-state index is 0.169. The number of aromatic nitrogens is 4. The Labute approximate surface area is 237 Å². The van der Waals surface area contributed by atoms with Crippen molar-refractivity contribution in [3.05, 3.63) is 59.4 Å². The van der Waals surface area contributed by atoms with E-state index < -0.39 is 0 Å². The standard InChI is InChI=1S/C31H43N5O4/c1-22(18-31-32-34-35-33-31)17-23-5-11-29(27(19-23)25-7-9-26(38-3)10-8-25)40-21-24-6-12-30-28(20-24)36(14-16-39-30)13-4-15-37-2/h6-10,12,20,22-23,27,29H,4-5,11,13-19,21H2,1-3H3,(H,32,33,34,35)/t22-,23-,27+,29-/m0/s1. The van der Waals surface area contributed by atoms with Gasteiger partial charge in [0, 0.05) is 32.6 Å². The van der Waals surface area contributed by atoms with Crippen molar-refractivity contribution in [1.29, 1.82) is 0 Å². The third-order valence-electron chi connectivity index (χ3n) is 8.32. The summed E-state index contributed by atoms with van der Waals surface area (Å²) in [5.41, 5.74) is 3.67. The van der Waals surface area contributed by atoms with Crippen LogP contribution in [0.1, 0.15) is 61.9 Å². The molecule has 4 atom stereocenters. The van der Waals surface area contributed by atoms with E-state index in [1.165, 1.54) is 17.5 Å². The largest absolute Gasteiger partial charge is 0.497 e. The van der Waals surface area contributed by atoms with Crippen molar-refractivity contribution < 1.29 is 18.9 Å². The maximum Gasteiger partial charge on any atom is 0.174 e. The van der Waals surface area contributed by atoms with Gasteiger partial charge in [-0.1, -0.05) is 30.3 Å². The number of H-pyrrole nitrogens is 1. The van der Waals surface area contributed by atoms with Crippen molar-refractivity contribution in [2.24, 2.45) is 11.8 Å². The Morgan fingerprint density at radius 1 is 1.12 bits per heavy atom. The molecule has 9 nitrogen and oxygen atoms in total. The van der Waals surface area contributed by atoms with Crippen molar-refractivity contribution in [2.45, 2.75) is 64.1 Å². The normalized spacial score (nSPS) is 21.5. The van der Waals surface area contributed by atoms with Crippen LogP contribution in [0.5, 0.6) is 11.5 Å². The van der Waals surface area contributed by atoms with E-state index in [0.29, 0.717) is 24.4 Å². The molecule has 0 unspecified atom stereocenters. The van der Waals surface area contributed by atoms with Crippen molar-refractivity contribution >= 4 is 5.69 Å². The van der Waals surface area contributed by atoms with Gasteiger partial charge in [0.2, 0.25) is 0 Å². The Balaban J connectivity index is 1.25. The van der Waals surface area contributed by atoms with Crippen LogP contribution in [-0.2, 0) is 22.5 Å². The second-order valence-corrected chi connectivity index (χ2v) is 11.3. The predicted octanol–water partition coefficient (Wildman–Crippen LogP) is 5.18. The van der Waals surface area contributed by atoms with Gasteiger partial charge in [-0.2, -0.15) is 5.21 Å². The van der Waals surface area contributed by atoms with Crippen LogP contribution < -0.4 is 14.4 Å². The average molecular weight is 550 g/mol. The number of tetrazole rings is 1. The third kappa shape index (κ3) is 7.31. The molecule has 1 aromatic heterocycles. The number of anilines is 1. The fourth-order valence-electron chi connectivity index (χ4n) is 6.32. The molecule has 0 saturated heterocycles. The van der Waals surface area contributed by atoms with Crippen molar-refractivity contribution in [3.63, 3.8) is 0 Å². The van der Waals surface area contributed by atoms with Gasteiger partial charge in [-0.25, -0.2) is 0 Å². The highest BCUT2D eigenvalue weighted by atomic mass is 16.5. The van der Waals surface area contributed by atoms with Gasteiger partial charge >= 0.3 is 0 Å². The molecular formula is C31H43N5O4. The molecule has 0 amide bonds. The van der Waals surface area contributed by atoms with Gasteiger partial charge in [-0.15, -0.1) is 10.2 Å². The lowest BCUT2D eigenvalue weighted by atomic mass is 9.73. The molecule has 0 bridgehead atoms. The zero-order valence-corrected chi connectivity index (χ0v) is 24.1. The van der Waals surface area contributed by atoms with Crippen LogP contribution >= 0.6 is 0 Å². The van der Waals surface area contributed by atoms with Crippen LogP contribution in [0.3, 0.4) is 0 Å². The number of rotatable bonds is 13. The van der Waals surface area contributed by atoms with Crippen LogP contribution in [0.2, 0.25) is 0 Å². The zero-order chi connectivity index (χ0) is 27.7. The Morgan fingerprint density at radius 3 is 2.77 bits per heavy atom. The van der Waals surface area contributed by atoms with Crippen molar-refractivity contribution in [2.75, 3.05) is 45.4 Å². The van der Waals surface area contributed by atoms with Gasteiger partial charge in [0.05, 0.1) is 32.1 Å². The van der Waals surface area contributed by atoms with Gasteiger partial charge < -0.3 is 23.8 Å². The molecule has 1 saturated carbocycles. The highest BCUT2D eigenvalue weighted by molar-refractivity contribution is 5.61. The lowest BCUT2D eigenvalue weighted by Gasteiger charge is -2.37. The monoisotopic (exact) mass is 549 g/mol. The smallest absolute Gasteiger partial charge is 0.174 e. The lowest BCUT2D eigenvalue weighted by Crippen LogP contribution is -2.34. The van der Waals surface area contributed by atoms with E-state index in [0.717, 1.165) is 81.4 Å². The Bertz CT molecular complexity index is 1170. The molecule has 9 heteroatoms. The number of benzene rings is 2. The first-order valence-corrected chi connectivity index (χ1v) is 14.6. The summed E-state index contributed by atoms with van der Waals surface area (Å²) in [6.07, 6.45) is 6.49. The van der Waals surface area contributed by atoms with E-state index in [9.17, 15) is 0 Å². The fraction of sp³-hybridized carbons (Fsp3) is 0.581. The summed E-state index contributed by atoms with van der Waals surface area (Å²) < 4.78 is 23.3. The summed E-state index contributed by atoms with van der Waals surface area (Å²) in [7, 11) is 3.47. The summed E-state index contributed by atoms with van der Waals surface area (Å²) in [6, 6.07) is 15.0. The molecule has 5 rings (SSSR count). The molecule has 0 spiro atoms. The van der Waals surface area contributed by atoms with E-state index >= 15 is 0 Å². The average Bonchev–Trinajstić information content (AvgIpc) is 3.49. The first-order chi connectivity index (χ1) is 19.6. The van der Waals surface area contributed by atoms with E-state index in [-0.39, 0.29) is 6.10 Å². The quantitative estimate of drug-likeness (QED) is 0.292. The lowest BCUT2D eigenvalue weighted by molar-refractivity contribution is -0.0107. The molecular weight excluding hydrogens is 506 g/mol. The number of fused-ring (bicyclic) bond motifs is 1. The van der Waals surface area contributed by atoms with Gasteiger partial charge in [0.15, 0.2) is 5.82 Å². The van der Waals surface area contributed by atoms with E-state index in [2.05, 4.69) is 74.9 Å². The molecule has 1 N–H and O–H groups in total. The number of aromatic amines is 1. The molecule has 1 aliphatic heterocycles. The fourth-order valence-corrected chi connectivity index (χ4v) is 6.32. The number of nitrogens with one attached hydrogen (secondary N) is 1. The molecule has 3 aromatic rings. The summed E-state index contributed by atoms with van der Waals surface area (Å²) in [4.78, 5) is 2.41. The minimum Gasteiger partial charge on any atom is -0.497 e. The first kappa shape index (κ1) is 28.4. The first-order valence-electron chi connectivity index (χ1n) is 14.6. The van der Waals surface area contributed by atoms with Gasteiger partial charge in [0.25, 0.3) is 0 Å². The number of nitrogens with zero attached hydrogens (tertiary/aromatic N) is 4. The molecule has 216 valence electrons. The number of hydrogen-bond acceptors (Lipinski definition) is 8. The molecule has 0 radical (unpaired) electrons. The second-order valence-electron chi connectivity index (χ2n) is 11.3. The van der Waals surface area contributed by atoms with Gasteiger partial charge in [-0.3, -0.25) is 0 Å². The Kier molecular flexibility index (Phi) is 9.89. The molecule has 2 aromatic carbocycles. The predicted molar refractivity (Wildman–Crippen MR) is 154 cm³/mol. The maximum atomic E-state index is 6.71. The topological polar surface area (TPSA) is 94.6 Å².